The first-order chi connectivity index (χ1) is 14.5. The zero-order valence-electron chi connectivity index (χ0n) is 15.9. The average molecular weight is 401 g/mol. The molecule has 7 heteroatoms. The van der Waals surface area contributed by atoms with Crippen LogP contribution in [0.1, 0.15) is 21.5 Å². The molecule has 3 rings (SSSR count). The summed E-state index contributed by atoms with van der Waals surface area (Å²) in [4.78, 5) is 35.6. The SMILES string of the molecule is O=C(NCc1ccccc1)C(=Cc1ccc([N+](=O)[O-])cc1)NC(=O)c1ccccc1. The maximum atomic E-state index is 12.8. The normalized spacial score (nSPS) is 10.9. The Kier molecular flexibility index (Phi) is 6.68. The Labute approximate surface area is 173 Å². The molecule has 0 saturated carbocycles. The Morgan fingerprint density at radius 2 is 1.47 bits per heavy atom. The lowest BCUT2D eigenvalue weighted by Gasteiger charge is -2.11. The van der Waals surface area contributed by atoms with Gasteiger partial charge in [0.05, 0.1) is 4.92 Å². The number of hydrogen-bond acceptors (Lipinski definition) is 4. The molecule has 0 fully saturated rings. The molecule has 2 amide bonds. The van der Waals surface area contributed by atoms with E-state index in [1.165, 1.54) is 30.3 Å². The number of nitro groups is 1. The highest BCUT2D eigenvalue weighted by Gasteiger charge is 2.15. The van der Waals surface area contributed by atoms with E-state index in [0.29, 0.717) is 17.7 Å². The van der Waals surface area contributed by atoms with E-state index in [9.17, 15) is 19.7 Å². The molecule has 0 saturated heterocycles. The molecule has 0 aliphatic heterocycles. The first-order valence-electron chi connectivity index (χ1n) is 9.17. The lowest BCUT2D eigenvalue weighted by Crippen LogP contribution is -2.34. The van der Waals surface area contributed by atoms with Gasteiger partial charge >= 0.3 is 0 Å². The van der Waals surface area contributed by atoms with Crippen molar-refractivity contribution in [2.24, 2.45) is 0 Å². The summed E-state index contributed by atoms with van der Waals surface area (Å²) < 4.78 is 0. The average Bonchev–Trinajstić information content (AvgIpc) is 2.78. The van der Waals surface area contributed by atoms with Crippen molar-refractivity contribution in [2.45, 2.75) is 6.54 Å². The molecule has 3 aromatic carbocycles. The zero-order chi connectivity index (χ0) is 21.3. The Hall–Kier alpha value is -4.26. The van der Waals surface area contributed by atoms with Crippen molar-refractivity contribution in [2.75, 3.05) is 0 Å². The fourth-order valence-electron chi connectivity index (χ4n) is 2.67. The van der Waals surface area contributed by atoms with E-state index < -0.39 is 16.7 Å². The third-order valence-corrected chi connectivity index (χ3v) is 4.24. The molecule has 0 spiro atoms. The van der Waals surface area contributed by atoms with Gasteiger partial charge in [0.15, 0.2) is 0 Å². The van der Waals surface area contributed by atoms with E-state index in [0.717, 1.165) is 5.56 Å². The van der Waals surface area contributed by atoms with Gasteiger partial charge in [-0.3, -0.25) is 19.7 Å². The van der Waals surface area contributed by atoms with E-state index in [2.05, 4.69) is 10.6 Å². The molecule has 0 aromatic heterocycles. The van der Waals surface area contributed by atoms with E-state index in [4.69, 9.17) is 0 Å². The lowest BCUT2D eigenvalue weighted by molar-refractivity contribution is -0.384. The summed E-state index contributed by atoms with van der Waals surface area (Å²) in [7, 11) is 0. The predicted molar refractivity (Wildman–Crippen MR) is 113 cm³/mol. The second-order valence-electron chi connectivity index (χ2n) is 6.40. The molecule has 2 N–H and O–H groups in total. The van der Waals surface area contributed by atoms with Crippen LogP contribution in [0.25, 0.3) is 6.08 Å². The van der Waals surface area contributed by atoms with E-state index in [1.54, 1.807) is 30.3 Å². The highest BCUT2D eigenvalue weighted by atomic mass is 16.6. The van der Waals surface area contributed by atoms with Crippen LogP contribution in [-0.2, 0) is 11.3 Å². The van der Waals surface area contributed by atoms with Crippen LogP contribution < -0.4 is 10.6 Å². The number of nitrogens with zero attached hydrogens (tertiary/aromatic N) is 1. The van der Waals surface area contributed by atoms with Gasteiger partial charge in [-0.25, -0.2) is 0 Å². The van der Waals surface area contributed by atoms with Crippen molar-refractivity contribution in [1.82, 2.24) is 10.6 Å². The van der Waals surface area contributed by atoms with Gasteiger partial charge in [0.25, 0.3) is 17.5 Å². The fourth-order valence-corrected chi connectivity index (χ4v) is 2.67. The summed E-state index contributed by atoms with van der Waals surface area (Å²) >= 11 is 0. The number of hydrogen-bond donors (Lipinski definition) is 2. The molecule has 7 nitrogen and oxygen atoms in total. The smallest absolute Gasteiger partial charge is 0.269 e. The highest BCUT2D eigenvalue weighted by molar-refractivity contribution is 6.05. The van der Waals surface area contributed by atoms with Crippen LogP contribution in [0.3, 0.4) is 0 Å². The third kappa shape index (κ3) is 5.62. The Morgan fingerprint density at radius 1 is 0.867 bits per heavy atom. The van der Waals surface area contributed by atoms with Crippen LogP contribution in [0, 0.1) is 10.1 Å². The van der Waals surface area contributed by atoms with Crippen LogP contribution in [0.15, 0.2) is 90.6 Å². The Bertz CT molecular complexity index is 1060. The molecule has 150 valence electrons. The first kappa shape index (κ1) is 20.5. The minimum Gasteiger partial charge on any atom is -0.347 e. The molecule has 0 bridgehead atoms. The Balaban J connectivity index is 1.82. The van der Waals surface area contributed by atoms with Crippen molar-refractivity contribution in [1.29, 1.82) is 0 Å². The van der Waals surface area contributed by atoms with Crippen LogP contribution in [0.5, 0.6) is 0 Å². The summed E-state index contributed by atoms with van der Waals surface area (Å²) in [5.74, 6) is -0.903. The second-order valence-corrected chi connectivity index (χ2v) is 6.40. The quantitative estimate of drug-likeness (QED) is 0.358. The van der Waals surface area contributed by atoms with Gasteiger partial charge < -0.3 is 10.6 Å². The topological polar surface area (TPSA) is 101 Å². The van der Waals surface area contributed by atoms with Gasteiger partial charge in [0.1, 0.15) is 5.70 Å². The largest absolute Gasteiger partial charge is 0.347 e. The number of rotatable bonds is 7. The summed E-state index contributed by atoms with van der Waals surface area (Å²) in [5, 5.41) is 16.2. The molecule has 3 aromatic rings. The minimum atomic E-state index is -0.502. The van der Waals surface area contributed by atoms with E-state index in [1.807, 2.05) is 30.3 Å². The lowest BCUT2D eigenvalue weighted by atomic mass is 10.1. The van der Waals surface area contributed by atoms with Crippen LogP contribution in [0.2, 0.25) is 0 Å². The van der Waals surface area contributed by atoms with Crippen LogP contribution >= 0.6 is 0 Å². The van der Waals surface area contributed by atoms with Gasteiger partial charge in [0.2, 0.25) is 0 Å². The highest BCUT2D eigenvalue weighted by Crippen LogP contribution is 2.14. The number of nitro benzene ring substituents is 1. The standard InChI is InChI=1S/C23H19N3O4/c27-22(19-9-5-2-6-10-19)25-21(15-17-11-13-20(14-12-17)26(29)30)23(28)24-16-18-7-3-1-4-8-18/h1-15H,16H2,(H,24,28)(H,25,27). The Morgan fingerprint density at radius 3 is 2.07 bits per heavy atom. The van der Waals surface area contributed by atoms with Crippen molar-refractivity contribution in [3.8, 4) is 0 Å². The van der Waals surface area contributed by atoms with Gasteiger partial charge in [-0.1, -0.05) is 48.5 Å². The number of amides is 2. The summed E-state index contributed by atoms with van der Waals surface area (Å²) in [6.45, 7) is 0.290. The van der Waals surface area contributed by atoms with Gasteiger partial charge in [-0.15, -0.1) is 0 Å². The minimum absolute atomic E-state index is 0.0358. The molecule has 0 unspecified atom stereocenters. The molecular formula is C23H19N3O4. The summed E-state index contributed by atoms with van der Waals surface area (Å²) in [6.07, 6.45) is 1.48. The monoisotopic (exact) mass is 401 g/mol. The first-order valence-corrected chi connectivity index (χ1v) is 9.17. The molecule has 30 heavy (non-hydrogen) atoms. The molecule has 0 aliphatic carbocycles. The molecule has 0 radical (unpaired) electrons. The van der Waals surface area contributed by atoms with Gasteiger partial charge in [-0.2, -0.15) is 0 Å². The number of carbonyl (C=O) groups is 2. The second kappa shape index (κ2) is 9.79. The van der Waals surface area contributed by atoms with Crippen molar-refractivity contribution in [3.05, 3.63) is 117 Å². The fraction of sp³-hybridized carbons (Fsp3) is 0.0435. The van der Waals surface area contributed by atoms with Gasteiger partial charge in [-0.05, 0) is 41.5 Å². The number of benzene rings is 3. The molecule has 0 atom stereocenters. The predicted octanol–water partition coefficient (Wildman–Crippen LogP) is 3.68. The maximum Gasteiger partial charge on any atom is 0.269 e. The number of non-ortho nitro benzene ring substituents is 1. The number of nitrogens with one attached hydrogen (secondary N) is 2. The summed E-state index contributed by atoms with van der Waals surface area (Å²) in [6, 6.07) is 23.6. The molecular weight excluding hydrogens is 382 g/mol. The third-order valence-electron chi connectivity index (χ3n) is 4.24. The van der Waals surface area contributed by atoms with Crippen molar-refractivity contribution >= 4 is 23.6 Å². The van der Waals surface area contributed by atoms with Crippen LogP contribution in [0.4, 0.5) is 5.69 Å². The van der Waals surface area contributed by atoms with Crippen LogP contribution in [-0.4, -0.2) is 16.7 Å². The maximum absolute atomic E-state index is 12.8. The van der Waals surface area contributed by atoms with Crippen molar-refractivity contribution in [3.63, 3.8) is 0 Å². The van der Waals surface area contributed by atoms with E-state index >= 15 is 0 Å². The molecule has 0 aliphatic rings. The number of carbonyl (C=O) groups excluding carboxylic acids is 2. The van der Waals surface area contributed by atoms with Crippen molar-refractivity contribution < 1.29 is 14.5 Å². The summed E-state index contributed by atoms with van der Waals surface area (Å²) in [5.41, 5.74) is 1.83. The molecule has 0 heterocycles. The van der Waals surface area contributed by atoms with E-state index in [-0.39, 0.29) is 11.4 Å². The van der Waals surface area contributed by atoms with Gasteiger partial charge in [0, 0.05) is 24.2 Å². The zero-order valence-corrected chi connectivity index (χ0v) is 15.9.